The summed E-state index contributed by atoms with van der Waals surface area (Å²) in [6.45, 7) is 1.68. The van der Waals surface area contributed by atoms with Gasteiger partial charge in [-0.3, -0.25) is 9.69 Å². The van der Waals surface area contributed by atoms with E-state index in [0.29, 0.717) is 0 Å². The third-order valence-corrected chi connectivity index (χ3v) is 4.78. The molecule has 1 unspecified atom stereocenters. The normalized spacial score (nSPS) is 20.1. The van der Waals surface area contributed by atoms with E-state index in [-0.39, 0.29) is 12.0 Å². The van der Waals surface area contributed by atoms with Crippen LogP contribution in [0, 0.1) is 0 Å². The minimum absolute atomic E-state index is 0.110. The largest absolute Gasteiger partial charge is 0.468 e. The van der Waals surface area contributed by atoms with Gasteiger partial charge < -0.3 is 4.74 Å². The first-order chi connectivity index (χ1) is 9.78. The number of fused-ring (bicyclic) bond motifs is 1. The number of hydrogen-bond donors (Lipinski definition) is 0. The van der Waals surface area contributed by atoms with Crippen molar-refractivity contribution >= 4 is 27.5 Å². The molecule has 0 bridgehead atoms. The van der Waals surface area contributed by atoms with Crippen LogP contribution in [0.5, 0.6) is 0 Å². The van der Waals surface area contributed by atoms with Crippen LogP contribution in [0.3, 0.4) is 0 Å². The van der Waals surface area contributed by atoms with Gasteiger partial charge in [-0.1, -0.05) is 18.6 Å². The second-order valence-corrected chi connectivity index (χ2v) is 6.20. The summed E-state index contributed by atoms with van der Waals surface area (Å²) in [5.74, 6) is -0.120. The average molecular weight is 290 g/mol. The molecule has 0 spiro atoms. The number of nitrogens with zero attached hydrogens (tertiary/aromatic N) is 2. The van der Waals surface area contributed by atoms with Crippen LogP contribution >= 0.6 is 11.3 Å². The first-order valence-corrected chi connectivity index (χ1v) is 7.76. The van der Waals surface area contributed by atoms with Crippen LogP contribution in [0.15, 0.2) is 24.3 Å². The van der Waals surface area contributed by atoms with Crippen molar-refractivity contribution in [2.75, 3.05) is 13.7 Å². The summed E-state index contributed by atoms with van der Waals surface area (Å²) in [6.07, 6.45) is 3.12. The number of ether oxygens (including phenoxy) is 1. The molecule has 0 saturated carbocycles. The van der Waals surface area contributed by atoms with Gasteiger partial charge in [-0.25, -0.2) is 4.98 Å². The molecule has 1 aromatic carbocycles. The molecule has 1 aliphatic rings. The fourth-order valence-corrected chi connectivity index (χ4v) is 3.74. The van der Waals surface area contributed by atoms with E-state index >= 15 is 0 Å². The molecule has 2 aromatic rings. The van der Waals surface area contributed by atoms with E-state index in [0.717, 1.165) is 42.9 Å². The smallest absolute Gasteiger partial charge is 0.323 e. The Hall–Kier alpha value is -1.46. The lowest BCUT2D eigenvalue weighted by Crippen LogP contribution is -2.44. The molecule has 1 aromatic heterocycles. The SMILES string of the molecule is COC(=O)C1CCCCN1Cc1nc2ccccc2s1. The molecule has 4 nitrogen and oxygen atoms in total. The van der Waals surface area contributed by atoms with Crippen LogP contribution in [-0.2, 0) is 16.1 Å². The number of likely N-dealkylation sites (tertiary alicyclic amines) is 1. The van der Waals surface area contributed by atoms with Gasteiger partial charge in [0.1, 0.15) is 11.0 Å². The van der Waals surface area contributed by atoms with E-state index < -0.39 is 0 Å². The number of hydrogen-bond acceptors (Lipinski definition) is 5. The minimum Gasteiger partial charge on any atom is -0.468 e. The summed E-state index contributed by atoms with van der Waals surface area (Å²) >= 11 is 1.71. The number of methoxy groups -OCH3 is 1. The van der Waals surface area contributed by atoms with E-state index in [9.17, 15) is 4.79 Å². The van der Waals surface area contributed by atoms with Gasteiger partial charge in [-0.2, -0.15) is 0 Å². The van der Waals surface area contributed by atoms with Gasteiger partial charge in [0.25, 0.3) is 0 Å². The predicted molar refractivity (Wildman–Crippen MR) is 79.7 cm³/mol. The lowest BCUT2D eigenvalue weighted by Gasteiger charge is -2.32. The van der Waals surface area contributed by atoms with E-state index in [1.807, 2.05) is 18.2 Å². The summed E-state index contributed by atoms with van der Waals surface area (Å²) in [5, 5.41) is 1.07. The first kappa shape index (κ1) is 13.5. The summed E-state index contributed by atoms with van der Waals surface area (Å²) in [7, 11) is 1.47. The molecule has 20 heavy (non-hydrogen) atoms. The summed E-state index contributed by atoms with van der Waals surface area (Å²) < 4.78 is 6.12. The van der Waals surface area contributed by atoms with Crippen molar-refractivity contribution in [2.24, 2.45) is 0 Å². The molecule has 0 amide bonds. The Balaban J connectivity index is 1.79. The number of piperidine rings is 1. The van der Waals surface area contributed by atoms with Crippen LogP contribution in [0.25, 0.3) is 10.2 Å². The van der Waals surface area contributed by atoms with Crippen molar-refractivity contribution in [1.29, 1.82) is 0 Å². The molecule has 2 heterocycles. The zero-order valence-corrected chi connectivity index (χ0v) is 12.4. The van der Waals surface area contributed by atoms with Gasteiger partial charge in [0, 0.05) is 0 Å². The molecule has 1 atom stereocenters. The highest BCUT2D eigenvalue weighted by Crippen LogP contribution is 2.26. The first-order valence-electron chi connectivity index (χ1n) is 6.94. The average Bonchev–Trinajstić information content (AvgIpc) is 2.89. The van der Waals surface area contributed by atoms with Gasteiger partial charge in [-0.15, -0.1) is 11.3 Å². The van der Waals surface area contributed by atoms with Crippen molar-refractivity contribution in [3.05, 3.63) is 29.3 Å². The summed E-state index contributed by atoms with van der Waals surface area (Å²) in [4.78, 5) is 18.7. The Bertz CT molecular complexity index is 578. The molecule has 0 N–H and O–H groups in total. The van der Waals surface area contributed by atoms with Gasteiger partial charge >= 0.3 is 5.97 Å². The summed E-state index contributed by atoms with van der Waals surface area (Å²) in [6, 6.07) is 8.04. The topological polar surface area (TPSA) is 42.4 Å². The molecule has 5 heteroatoms. The predicted octanol–water partition coefficient (Wildman–Crippen LogP) is 2.82. The Kier molecular flexibility index (Phi) is 3.98. The highest BCUT2D eigenvalue weighted by molar-refractivity contribution is 7.18. The molecule has 0 radical (unpaired) electrons. The van der Waals surface area contributed by atoms with E-state index in [1.54, 1.807) is 11.3 Å². The van der Waals surface area contributed by atoms with Gasteiger partial charge in [0.2, 0.25) is 0 Å². The van der Waals surface area contributed by atoms with E-state index in [4.69, 9.17) is 4.74 Å². The van der Waals surface area contributed by atoms with Gasteiger partial charge in [0.15, 0.2) is 0 Å². The Morgan fingerprint density at radius 1 is 1.45 bits per heavy atom. The van der Waals surface area contributed by atoms with E-state index in [2.05, 4.69) is 16.0 Å². The monoisotopic (exact) mass is 290 g/mol. The number of benzene rings is 1. The number of thiazole rings is 1. The third-order valence-electron chi connectivity index (χ3n) is 3.76. The molecular weight excluding hydrogens is 272 g/mol. The van der Waals surface area contributed by atoms with Crippen molar-refractivity contribution in [3.63, 3.8) is 0 Å². The molecule has 1 fully saturated rings. The van der Waals surface area contributed by atoms with Crippen LogP contribution < -0.4 is 0 Å². The molecule has 1 saturated heterocycles. The Morgan fingerprint density at radius 3 is 3.10 bits per heavy atom. The highest BCUT2D eigenvalue weighted by Gasteiger charge is 2.29. The zero-order valence-electron chi connectivity index (χ0n) is 11.5. The highest BCUT2D eigenvalue weighted by atomic mass is 32.1. The quantitative estimate of drug-likeness (QED) is 0.815. The molecular formula is C15H18N2O2S. The second-order valence-electron chi connectivity index (χ2n) is 5.08. The number of esters is 1. The Morgan fingerprint density at radius 2 is 2.30 bits per heavy atom. The maximum absolute atomic E-state index is 11.9. The number of aromatic nitrogens is 1. The number of carbonyl (C=O) groups is 1. The van der Waals surface area contributed by atoms with Crippen molar-refractivity contribution in [3.8, 4) is 0 Å². The minimum atomic E-state index is -0.120. The summed E-state index contributed by atoms with van der Waals surface area (Å²) in [5.41, 5.74) is 1.04. The number of carbonyl (C=O) groups excluding carboxylic acids is 1. The fraction of sp³-hybridized carbons (Fsp3) is 0.467. The standard InChI is InChI=1S/C15H18N2O2S/c1-19-15(18)12-7-4-5-9-17(12)10-14-16-11-6-2-3-8-13(11)20-14/h2-3,6,8,12H,4-5,7,9-10H2,1H3. The van der Waals surface area contributed by atoms with Crippen LogP contribution in [0.4, 0.5) is 0 Å². The maximum atomic E-state index is 11.9. The maximum Gasteiger partial charge on any atom is 0.323 e. The van der Waals surface area contributed by atoms with Crippen LogP contribution in [0.2, 0.25) is 0 Å². The van der Waals surface area contributed by atoms with Crippen LogP contribution in [0.1, 0.15) is 24.3 Å². The number of para-hydroxylation sites is 1. The lowest BCUT2D eigenvalue weighted by molar-refractivity contribution is -0.148. The fourth-order valence-electron chi connectivity index (χ4n) is 2.74. The third kappa shape index (κ3) is 2.69. The molecule has 3 rings (SSSR count). The van der Waals surface area contributed by atoms with Crippen molar-refractivity contribution < 1.29 is 9.53 Å². The van der Waals surface area contributed by atoms with Crippen molar-refractivity contribution in [1.82, 2.24) is 9.88 Å². The molecule has 1 aliphatic heterocycles. The number of rotatable bonds is 3. The lowest BCUT2D eigenvalue weighted by atomic mass is 10.0. The van der Waals surface area contributed by atoms with Gasteiger partial charge in [-0.05, 0) is 31.5 Å². The Labute approximate surface area is 122 Å². The van der Waals surface area contributed by atoms with Gasteiger partial charge in [0.05, 0.1) is 23.9 Å². The zero-order chi connectivity index (χ0) is 13.9. The molecule has 106 valence electrons. The van der Waals surface area contributed by atoms with E-state index in [1.165, 1.54) is 11.8 Å². The van der Waals surface area contributed by atoms with Crippen LogP contribution in [-0.4, -0.2) is 35.5 Å². The van der Waals surface area contributed by atoms with Crippen molar-refractivity contribution in [2.45, 2.75) is 31.8 Å². The second kappa shape index (κ2) is 5.89. The molecule has 0 aliphatic carbocycles.